The molecule has 1 atom stereocenters. The second kappa shape index (κ2) is 7.73. The van der Waals surface area contributed by atoms with Gasteiger partial charge in [-0.2, -0.15) is 13.2 Å². The Labute approximate surface area is 104 Å². The highest BCUT2D eigenvalue weighted by atomic mass is 35.5. The van der Waals surface area contributed by atoms with Gasteiger partial charge in [-0.1, -0.05) is 0 Å². The summed E-state index contributed by atoms with van der Waals surface area (Å²) in [6.07, 6.45) is -2.59. The molecule has 1 amide bonds. The molecule has 102 valence electrons. The van der Waals surface area contributed by atoms with Crippen molar-refractivity contribution in [2.75, 3.05) is 26.3 Å². The van der Waals surface area contributed by atoms with Gasteiger partial charge in [-0.3, -0.25) is 4.79 Å². The lowest BCUT2D eigenvalue weighted by Crippen LogP contribution is -2.41. The van der Waals surface area contributed by atoms with Crippen molar-refractivity contribution in [3.05, 3.63) is 0 Å². The summed E-state index contributed by atoms with van der Waals surface area (Å²) in [5, 5.41) is 5.51. The fourth-order valence-corrected chi connectivity index (χ4v) is 1.47. The van der Waals surface area contributed by atoms with Crippen molar-refractivity contribution >= 4 is 18.3 Å². The number of hydrogen-bond acceptors (Lipinski definition) is 3. The average molecular weight is 277 g/mol. The molecule has 1 fully saturated rings. The summed E-state index contributed by atoms with van der Waals surface area (Å²) in [7, 11) is 0. The van der Waals surface area contributed by atoms with E-state index in [4.69, 9.17) is 0 Å². The van der Waals surface area contributed by atoms with Crippen LogP contribution < -0.4 is 10.6 Å². The van der Waals surface area contributed by atoms with Gasteiger partial charge in [0, 0.05) is 6.54 Å². The Hall–Kier alpha value is -0.530. The molecule has 0 radical (unpaired) electrons. The molecule has 0 saturated carbocycles. The quantitative estimate of drug-likeness (QED) is 0.732. The maximum Gasteiger partial charge on any atom is 0.411 e. The first-order valence-electron chi connectivity index (χ1n) is 5.14. The van der Waals surface area contributed by atoms with Crippen molar-refractivity contribution in [1.29, 1.82) is 0 Å². The van der Waals surface area contributed by atoms with Crippen LogP contribution in [0.4, 0.5) is 13.2 Å². The lowest BCUT2D eigenvalue weighted by atomic mass is 10.2. The summed E-state index contributed by atoms with van der Waals surface area (Å²) in [4.78, 5) is 11.4. The molecule has 17 heavy (non-hydrogen) atoms. The number of alkyl halides is 3. The van der Waals surface area contributed by atoms with Crippen LogP contribution in [-0.4, -0.2) is 44.4 Å². The van der Waals surface area contributed by atoms with Gasteiger partial charge >= 0.3 is 6.18 Å². The van der Waals surface area contributed by atoms with E-state index < -0.39 is 12.8 Å². The van der Waals surface area contributed by atoms with Gasteiger partial charge < -0.3 is 15.4 Å². The van der Waals surface area contributed by atoms with Gasteiger partial charge in [0.2, 0.25) is 5.91 Å². The standard InChI is InChI=1S/C9H15F3N2O2.ClH/c10-9(11,12)6-16-5-4-14-8(15)7-2-1-3-13-7;/h7,13H,1-6H2,(H,14,15);1H/t7-;/m0./s1. The van der Waals surface area contributed by atoms with Crippen LogP contribution >= 0.6 is 12.4 Å². The van der Waals surface area contributed by atoms with E-state index in [1.54, 1.807) is 0 Å². The zero-order chi connectivity index (χ0) is 12.0. The number of hydrogen-bond donors (Lipinski definition) is 2. The Morgan fingerprint density at radius 2 is 2.18 bits per heavy atom. The molecule has 2 N–H and O–H groups in total. The minimum atomic E-state index is -4.31. The molecule has 1 aliphatic rings. The molecule has 1 heterocycles. The number of halogens is 4. The van der Waals surface area contributed by atoms with Crippen LogP contribution in [-0.2, 0) is 9.53 Å². The van der Waals surface area contributed by atoms with E-state index in [1.165, 1.54) is 0 Å². The average Bonchev–Trinajstić information content (AvgIpc) is 2.67. The van der Waals surface area contributed by atoms with Crippen LogP contribution in [0.25, 0.3) is 0 Å². The maximum absolute atomic E-state index is 11.7. The van der Waals surface area contributed by atoms with E-state index in [0.29, 0.717) is 0 Å². The molecular formula is C9H16ClF3N2O2. The summed E-state index contributed by atoms with van der Waals surface area (Å²) in [5.41, 5.74) is 0. The summed E-state index contributed by atoms with van der Waals surface area (Å²) >= 11 is 0. The molecule has 0 unspecified atom stereocenters. The highest BCUT2D eigenvalue weighted by molar-refractivity contribution is 5.85. The lowest BCUT2D eigenvalue weighted by Gasteiger charge is -2.11. The Balaban J connectivity index is 0.00000256. The predicted octanol–water partition coefficient (Wildman–Crippen LogP) is 0.855. The van der Waals surface area contributed by atoms with E-state index in [1.807, 2.05) is 0 Å². The molecule has 4 nitrogen and oxygen atoms in total. The predicted molar refractivity (Wildman–Crippen MR) is 58.2 cm³/mol. The van der Waals surface area contributed by atoms with Crippen LogP contribution in [0.1, 0.15) is 12.8 Å². The molecule has 0 aromatic heterocycles. The van der Waals surface area contributed by atoms with Crippen molar-refractivity contribution in [3.63, 3.8) is 0 Å². The molecule has 1 rings (SSSR count). The van der Waals surface area contributed by atoms with Gasteiger partial charge in [-0.15, -0.1) is 12.4 Å². The van der Waals surface area contributed by atoms with Crippen molar-refractivity contribution in [2.24, 2.45) is 0 Å². The van der Waals surface area contributed by atoms with Crippen molar-refractivity contribution in [3.8, 4) is 0 Å². The third kappa shape index (κ3) is 7.40. The molecule has 1 saturated heterocycles. The number of amides is 1. The highest BCUT2D eigenvalue weighted by Gasteiger charge is 2.27. The largest absolute Gasteiger partial charge is 0.411 e. The molecular weight excluding hydrogens is 261 g/mol. The number of ether oxygens (including phenoxy) is 1. The molecule has 8 heteroatoms. The molecule has 0 aromatic carbocycles. The van der Waals surface area contributed by atoms with Crippen LogP contribution in [0.5, 0.6) is 0 Å². The highest BCUT2D eigenvalue weighted by Crippen LogP contribution is 2.13. The Bertz CT molecular complexity index is 233. The van der Waals surface area contributed by atoms with Gasteiger partial charge in [-0.25, -0.2) is 0 Å². The van der Waals surface area contributed by atoms with E-state index >= 15 is 0 Å². The fraction of sp³-hybridized carbons (Fsp3) is 0.889. The maximum atomic E-state index is 11.7. The van der Waals surface area contributed by atoms with Crippen molar-refractivity contribution < 1.29 is 22.7 Å². The van der Waals surface area contributed by atoms with Gasteiger partial charge in [0.1, 0.15) is 6.61 Å². The van der Waals surface area contributed by atoms with Crippen molar-refractivity contribution in [1.82, 2.24) is 10.6 Å². The third-order valence-corrected chi connectivity index (χ3v) is 2.19. The number of carbonyl (C=O) groups is 1. The van der Waals surface area contributed by atoms with E-state index in [9.17, 15) is 18.0 Å². The first-order chi connectivity index (χ1) is 7.49. The van der Waals surface area contributed by atoms with Gasteiger partial charge in [-0.05, 0) is 19.4 Å². The zero-order valence-electron chi connectivity index (χ0n) is 9.18. The second-order valence-electron chi connectivity index (χ2n) is 3.61. The Morgan fingerprint density at radius 1 is 1.47 bits per heavy atom. The fourth-order valence-electron chi connectivity index (χ4n) is 1.47. The van der Waals surface area contributed by atoms with Crippen LogP contribution in [0, 0.1) is 0 Å². The van der Waals surface area contributed by atoms with E-state index in [0.717, 1.165) is 19.4 Å². The van der Waals surface area contributed by atoms with Crippen LogP contribution in [0.3, 0.4) is 0 Å². The minimum absolute atomic E-state index is 0. The number of rotatable bonds is 5. The summed E-state index contributed by atoms with van der Waals surface area (Å²) in [5.74, 6) is -0.173. The summed E-state index contributed by atoms with van der Waals surface area (Å²) in [6.45, 7) is -0.488. The van der Waals surface area contributed by atoms with Gasteiger partial charge in [0.05, 0.1) is 12.6 Å². The smallest absolute Gasteiger partial charge is 0.370 e. The van der Waals surface area contributed by atoms with Crippen LogP contribution in [0.2, 0.25) is 0 Å². The topological polar surface area (TPSA) is 50.4 Å². The first-order valence-corrected chi connectivity index (χ1v) is 5.14. The lowest BCUT2D eigenvalue weighted by molar-refractivity contribution is -0.173. The van der Waals surface area contributed by atoms with Gasteiger partial charge in [0.15, 0.2) is 0 Å². The first kappa shape index (κ1) is 16.5. The van der Waals surface area contributed by atoms with Crippen LogP contribution in [0.15, 0.2) is 0 Å². The van der Waals surface area contributed by atoms with Gasteiger partial charge in [0.25, 0.3) is 0 Å². The Kier molecular flexibility index (Phi) is 7.49. The molecule has 0 aliphatic carbocycles. The second-order valence-corrected chi connectivity index (χ2v) is 3.61. The monoisotopic (exact) mass is 276 g/mol. The minimum Gasteiger partial charge on any atom is -0.370 e. The zero-order valence-corrected chi connectivity index (χ0v) is 10.00. The molecule has 0 spiro atoms. The SMILES string of the molecule is Cl.O=C(NCCOCC(F)(F)F)[C@@H]1CCCN1. The number of carbonyl (C=O) groups excluding carboxylic acids is 1. The third-order valence-electron chi connectivity index (χ3n) is 2.19. The molecule has 1 aliphatic heterocycles. The summed E-state index contributed by atoms with van der Waals surface area (Å²) in [6, 6.07) is -0.206. The molecule has 0 bridgehead atoms. The summed E-state index contributed by atoms with van der Waals surface area (Å²) < 4.78 is 39.3. The van der Waals surface area contributed by atoms with E-state index in [-0.39, 0.29) is 37.5 Å². The van der Waals surface area contributed by atoms with E-state index in [2.05, 4.69) is 15.4 Å². The van der Waals surface area contributed by atoms with Crippen molar-refractivity contribution in [2.45, 2.75) is 25.1 Å². The number of nitrogens with one attached hydrogen (secondary N) is 2. The molecule has 0 aromatic rings. The normalized spacial score (nSPS) is 19.8. The Morgan fingerprint density at radius 3 is 2.71 bits per heavy atom.